The smallest absolute Gasteiger partial charge is 0.270 e. The Hall–Kier alpha value is -3.31. The standard InChI is InChI=1S/C27H21ClN2O3S2/c1-16-8-9-21(10-17(16)2)30-26(31)24(35-27(30)34)13-18-11-22(28)25(23(12-18)32-3)33-15-20-7-5-4-6-19(20)14-29/h4-13H,15H2,1-3H3/b24-13-. The molecule has 1 fully saturated rings. The summed E-state index contributed by atoms with van der Waals surface area (Å²) in [5.41, 5.74) is 4.94. The summed E-state index contributed by atoms with van der Waals surface area (Å²) in [6.07, 6.45) is 1.74. The van der Waals surface area contributed by atoms with E-state index in [0.717, 1.165) is 22.4 Å². The van der Waals surface area contributed by atoms with Gasteiger partial charge in [-0.25, -0.2) is 0 Å². The lowest BCUT2D eigenvalue weighted by molar-refractivity contribution is -0.113. The first-order valence-corrected chi connectivity index (χ1v) is 12.3. The molecule has 1 heterocycles. The Morgan fingerprint density at radius 2 is 1.91 bits per heavy atom. The van der Waals surface area contributed by atoms with Crippen LogP contribution in [0.4, 0.5) is 5.69 Å². The number of carbonyl (C=O) groups excluding carboxylic acids is 1. The molecule has 1 aliphatic heterocycles. The second-order valence-corrected chi connectivity index (χ2v) is 9.96. The van der Waals surface area contributed by atoms with Crippen LogP contribution in [0.2, 0.25) is 5.02 Å². The molecule has 35 heavy (non-hydrogen) atoms. The molecule has 0 N–H and O–H groups in total. The molecule has 1 saturated heterocycles. The van der Waals surface area contributed by atoms with E-state index in [2.05, 4.69) is 6.07 Å². The molecule has 3 aromatic carbocycles. The molecule has 1 amide bonds. The first kappa shape index (κ1) is 24.8. The van der Waals surface area contributed by atoms with Gasteiger partial charge in [-0.05, 0) is 66.9 Å². The van der Waals surface area contributed by atoms with Gasteiger partial charge in [0, 0.05) is 5.56 Å². The highest BCUT2D eigenvalue weighted by Gasteiger charge is 2.33. The van der Waals surface area contributed by atoms with Crippen molar-refractivity contribution in [3.8, 4) is 17.6 Å². The highest BCUT2D eigenvalue weighted by atomic mass is 35.5. The quantitative estimate of drug-likeness (QED) is 0.262. The first-order chi connectivity index (χ1) is 16.8. The summed E-state index contributed by atoms with van der Waals surface area (Å²) >= 11 is 13.3. The van der Waals surface area contributed by atoms with Gasteiger partial charge in [-0.3, -0.25) is 9.69 Å². The number of rotatable bonds is 6. The minimum Gasteiger partial charge on any atom is -0.493 e. The molecule has 0 unspecified atom stereocenters. The Bertz CT molecular complexity index is 1410. The number of methoxy groups -OCH3 is 1. The van der Waals surface area contributed by atoms with Crippen molar-refractivity contribution in [1.29, 1.82) is 5.26 Å². The van der Waals surface area contributed by atoms with E-state index < -0.39 is 0 Å². The number of hydrogen-bond donors (Lipinski definition) is 0. The lowest BCUT2D eigenvalue weighted by Gasteiger charge is -2.16. The topological polar surface area (TPSA) is 62.6 Å². The van der Waals surface area contributed by atoms with Crippen molar-refractivity contribution in [2.24, 2.45) is 0 Å². The number of thioether (sulfide) groups is 1. The number of carbonyl (C=O) groups is 1. The summed E-state index contributed by atoms with van der Waals surface area (Å²) in [6, 6.07) is 18.6. The Labute approximate surface area is 218 Å². The highest BCUT2D eigenvalue weighted by molar-refractivity contribution is 8.27. The van der Waals surface area contributed by atoms with Crippen LogP contribution in [0, 0.1) is 25.2 Å². The van der Waals surface area contributed by atoms with Gasteiger partial charge in [0.05, 0.1) is 34.4 Å². The molecule has 0 spiro atoms. The number of hydrogen-bond acceptors (Lipinski definition) is 6. The van der Waals surface area contributed by atoms with Crippen LogP contribution in [0.15, 0.2) is 59.5 Å². The van der Waals surface area contributed by atoms with Gasteiger partial charge >= 0.3 is 0 Å². The van der Waals surface area contributed by atoms with Crippen molar-refractivity contribution >= 4 is 57.6 Å². The van der Waals surface area contributed by atoms with Crippen LogP contribution >= 0.6 is 35.6 Å². The zero-order valence-corrected chi connectivity index (χ0v) is 21.7. The third-order valence-electron chi connectivity index (χ3n) is 5.60. The number of anilines is 1. The Morgan fingerprint density at radius 1 is 1.14 bits per heavy atom. The minimum atomic E-state index is -0.188. The molecule has 0 bridgehead atoms. The third kappa shape index (κ3) is 5.20. The number of nitriles is 1. The van der Waals surface area contributed by atoms with Crippen LogP contribution in [-0.4, -0.2) is 17.3 Å². The van der Waals surface area contributed by atoms with Gasteiger partial charge in [0.1, 0.15) is 6.61 Å². The number of benzene rings is 3. The molecule has 4 rings (SSSR count). The van der Waals surface area contributed by atoms with Crippen LogP contribution in [-0.2, 0) is 11.4 Å². The lowest BCUT2D eigenvalue weighted by atomic mass is 10.1. The summed E-state index contributed by atoms with van der Waals surface area (Å²) in [4.78, 5) is 15.2. The summed E-state index contributed by atoms with van der Waals surface area (Å²) in [5.74, 6) is 0.594. The third-order valence-corrected chi connectivity index (χ3v) is 7.18. The molecule has 5 nitrogen and oxygen atoms in total. The van der Waals surface area contributed by atoms with Crippen molar-refractivity contribution in [1.82, 2.24) is 0 Å². The van der Waals surface area contributed by atoms with Crippen LogP contribution in [0.25, 0.3) is 6.08 Å². The summed E-state index contributed by atoms with van der Waals surface area (Å²) < 4.78 is 11.9. The van der Waals surface area contributed by atoms with E-state index in [9.17, 15) is 10.1 Å². The highest BCUT2D eigenvalue weighted by Crippen LogP contribution is 2.40. The van der Waals surface area contributed by atoms with Gasteiger partial charge in [0.25, 0.3) is 5.91 Å². The predicted molar refractivity (Wildman–Crippen MR) is 145 cm³/mol. The van der Waals surface area contributed by atoms with Crippen molar-refractivity contribution in [2.45, 2.75) is 20.5 Å². The molecule has 3 aromatic rings. The van der Waals surface area contributed by atoms with Crippen LogP contribution in [0.3, 0.4) is 0 Å². The van der Waals surface area contributed by atoms with E-state index in [-0.39, 0.29) is 12.5 Å². The van der Waals surface area contributed by atoms with Gasteiger partial charge in [-0.15, -0.1) is 0 Å². The maximum atomic E-state index is 13.2. The van der Waals surface area contributed by atoms with E-state index in [1.165, 1.54) is 18.9 Å². The molecule has 0 saturated carbocycles. The number of nitrogens with zero attached hydrogens (tertiary/aromatic N) is 2. The van der Waals surface area contributed by atoms with E-state index in [4.69, 9.17) is 33.3 Å². The fourth-order valence-corrected chi connectivity index (χ4v) is 5.15. The summed E-state index contributed by atoms with van der Waals surface area (Å²) in [7, 11) is 1.52. The van der Waals surface area contributed by atoms with Gasteiger partial charge in [-0.2, -0.15) is 5.26 Å². The molecule has 0 aliphatic carbocycles. The second kappa shape index (κ2) is 10.5. The number of aryl methyl sites for hydroxylation is 2. The number of halogens is 1. The van der Waals surface area contributed by atoms with E-state index in [1.54, 1.807) is 35.2 Å². The van der Waals surface area contributed by atoms with E-state index in [0.29, 0.717) is 36.9 Å². The number of amides is 1. The van der Waals surface area contributed by atoms with Gasteiger partial charge in [0.2, 0.25) is 0 Å². The summed E-state index contributed by atoms with van der Waals surface area (Å²) in [6.45, 7) is 4.19. The summed E-state index contributed by atoms with van der Waals surface area (Å²) in [5, 5.41) is 9.62. The van der Waals surface area contributed by atoms with E-state index in [1.807, 2.05) is 44.2 Å². The lowest BCUT2D eigenvalue weighted by Crippen LogP contribution is -2.27. The Morgan fingerprint density at radius 3 is 2.63 bits per heavy atom. The van der Waals surface area contributed by atoms with E-state index >= 15 is 0 Å². The Balaban J connectivity index is 1.60. The largest absolute Gasteiger partial charge is 0.493 e. The maximum Gasteiger partial charge on any atom is 0.270 e. The van der Waals surface area contributed by atoms with Gasteiger partial charge in [0.15, 0.2) is 15.8 Å². The second-order valence-electron chi connectivity index (χ2n) is 7.88. The molecule has 8 heteroatoms. The minimum absolute atomic E-state index is 0.161. The number of thiocarbonyl (C=S) groups is 1. The van der Waals surface area contributed by atoms with Crippen molar-refractivity contribution < 1.29 is 14.3 Å². The fraction of sp³-hybridized carbons (Fsp3) is 0.148. The van der Waals surface area contributed by atoms with Crippen molar-refractivity contribution in [3.63, 3.8) is 0 Å². The van der Waals surface area contributed by atoms with Crippen LogP contribution in [0.5, 0.6) is 11.5 Å². The van der Waals surface area contributed by atoms with Crippen LogP contribution < -0.4 is 14.4 Å². The Kier molecular flexibility index (Phi) is 7.46. The average Bonchev–Trinajstić information content (AvgIpc) is 3.12. The monoisotopic (exact) mass is 520 g/mol. The van der Waals surface area contributed by atoms with Gasteiger partial charge < -0.3 is 9.47 Å². The molecule has 1 aliphatic rings. The SMILES string of the molecule is COc1cc(/C=C2\SC(=S)N(c3ccc(C)c(C)c3)C2=O)cc(Cl)c1OCc1ccccc1C#N. The fourth-order valence-electron chi connectivity index (χ4n) is 3.57. The number of ether oxygens (including phenoxy) is 2. The molecule has 176 valence electrons. The molecule has 0 atom stereocenters. The molecule has 0 radical (unpaired) electrons. The van der Waals surface area contributed by atoms with Crippen LogP contribution in [0.1, 0.15) is 27.8 Å². The molecule has 0 aromatic heterocycles. The first-order valence-electron chi connectivity index (χ1n) is 10.7. The zero-order valence-electron chi connectivity index (χ0n) is 19.3. The normalized spacial score (nSPS) is 14.4. The predicted octanol–water partition coefficient (Wildman–Crippen LogP) is 6.82. The van der Waals surface area contributed by atoms with Crippen molar-refractivity contribution in [2.75, 3.05) is 12.0 Å². The van der Waals surface area contributed by atoms with Crippen molar-refractivity contribution in [3.05, 3.63) is 92.3 Å². The molecular formula is C27H21ClN2O3S2. The zero-order chi connectivity index (χ0) is 25.1. The van der Waals surface area contributed by atoms with Gasteiger partial charge in [-0.1, -0.05) is 59.8 Å². The molecular weight excluding hydrogens is 500 g/mol. The average molecular weight is 521 g/mol. The maximum absolute atomic E-state index is 13.2.